The topological polar surface area (TPSA) is 113 Å². The highest BCUT2D eigenvalue weighted by Gasteiger charge is 2.27. The summed E-state index contributed by atoms with van der Waals surface area (Å²) in [5.41, 5.74) is 0. The number of ether oxygens (including phenoxy) is 1. The fourth-order valence-electron chi connectivity index (χ4n) is 3.49. The number of rotatable bonds is 24. The van der Waals surface area contributed by atoms with Crippen LogP contribution in [-0.4, -0.2) is 46.7 Å². The number of unbranched alkanes of at least 4 members (excludes halogenated alkanes) is 15. The number of aliphatic hydroxyl groups excluding tert-OH is 1. The quantitative estimate of drug-likeness (QED) is 0.0874. The van der Waals surface area contributed by atoms with Gasteiger partial charge in [0.15, 0.2) is 6.29 Å². The first-order valence-electron chi connectivity index (χ1n) is 12.3. The third-order valence-electron chi connectivity index (χ3n) is 5.27. The maximum Gasteiger partial charge on any atom is 0.341 e. The lowest BCUT2D eigenvalue weighted by Crippen LogP contribution is -2.16. The summed E-state index contributed by atoms with van der Waals surface area (Å²) in [5.74, 6) is -1.45. The molecule has 7 nitrogen and oxygen atoms in total. The molecule has 0 aliphatic heterocycles. The third-order valence-corrected chi connectivity index (χ3v) is 6.52. The first-order chi connectivity index (χ1) is 14.9. The molecule has 0 amide bonds. The van der Waals surface area contributed by atoms with Gasteiger partial charge in [0, 0.05) is 13.0 Å². The molecule has 0 fully saturated rings. The van der Waals surface area contributed by atoms with Crippen molar-refractivity contribution in [2.24, 2.45) is 0 Å². The Labute approximate surface area is 189 Å². The molecular formula is C23H47O7P. The van der Waals surface area contributed by atoms with Crippen LogP contribution in [-0.2, 0) is 18.6 Å². The number of aliphatic hydroxyl groups is 1. The van der Waals surface area contributed by atoms with Gasteiger partial charge in [-0.25, -0.2) is 0 Å². The molecule has 0 aliphatic carbocycles. The lowest BCUT2D eigenvalue weighted by molar-refractivity contribution is -0.134. The summed E-state index contributed by atoms with van der Waals surface area (Å²) < 4.78 is 21.3. The van der Waals surface area contributed by atoms with Crippen LogP contribution < -0.4 is 0 Å². The molecule has 0 bridgehead atoms. The Balaban J connectivity index is 3.26. The van der Waals surface area contributed by atoms with Crippen LogP contribution in [0.3, 0.4) is 0 Å². The van der Waals surface area contributed by atoms with E-state index < -0.39 is 26.0 Å². The number of carboxylic acids is 1. The molecule has 0 aliphatic rings. The van der Waals surface area contributed by atoms with Crippen molar-refractivity contribution in [1.29, 1.82) is 0 Å². The Morgan fingerprint density at radius 3 is 1.61 bits per heavy atom. The zero-order valence-electron chi connectivity index (χ0n) is 19.6. The highest BCUT2D eigenvalue weighted by molar-refractivity contribution is 7.53. The van der Waals surface area contributed by atoms with Gasteiger partial charge in [-0.1, -0.05) is 103 Å². The van der Waals surface area contributed by atoms with Crippen molar-refractivity contribution in [2.75, 3.05) is 19.4 Å². The SMILES string of the molecule is CCCCCCCCCCCCCCCCCCOCCC(O)OP(=O)(O)CC(=O)O. The number of carbonyl (C=O) groups is 1. The molecule has 0 aromatic rings. The Morgan fingerprint density at radius 1 is 0.774 bits per heavy atom. The standard InChI is InChI=1S/C23H47O7P/c1-2-3-4-5-6-7-8-9-10-11-12-13-14-15-16-17-19-29-20-18-23(26)30-31(27,28)21-22(24)25/h23,26H,2-21H2,1H3,(H,24,25)(H,27,28). The Bertz CT molecular complexity index is 459. The molecule has 31 heavy (non-hydrogen) atoms. The molecule has 0 saturated heterocycles. The van der Waals surface area contributed by atoms with Gasteiger partial charge in [-0.2, -0.15) is 0 Å². The van der Waals surface area contributed by atoms with E-state index in [9.17, 15) is 19.4 Å². The minimum atomic E-state index is -4.30. The predicted octanol–water partition coefficient (Wildman–Crippen LogP) is 6.26. The minimum Gasteiger partial charge on any atom is -0.481 e. The van der Waals surface area contributed by atoms with Gasteiger partial charge < -0.3 is 19.8 Å². The molecule has 186 valence electrons. The Kier molecular flexibility index (Phi) is 21.1. The molecule has 0 aromatic carbocycles. The molecule has 0 spiro atoms. The predicted molar refractivity (Wildman–Crippen MR) is 124 cm³/mol. The van der Waals surface area contributed by atoms with Crippen LogP contribution in [0.5, 0.6) is 0 Å². The monoisotopic (exact) mass is 466 g/mol. The molecule has 0 aromatic heterocycles. The van der Waals surface area contributed by atoms with Crippen molar-refractivity contribution in [3.8, 4) is 0 Å². The molecule has 2 unspecified atom stereocenters. The van der Waals surface area contributed by atoms with Crippen molar-refractivity contribution in [3.63, 3.8) is 0 Å². The van der Waals surface area contributed by atoms with E-state index in [1.807, 2.05) is 0 Å². The maximum absolute atomic E-state index is 11.4. The van der Waals surface area contributed by atoms with Crippen LogP contribution in [0, 0.1) is 0 Å². The average molecular weight is 467 g/mol. The summed E-state index contributed by atoms with van der Waals surface area (Å²) in [6, 6.07) is 0. The second kappa shape index (κ2) is 21.4. The highest BCUT2D eigenvalue weighted by Crippen LogP contribution is 2.42. The number of hydrogen-bond acceptors (Lipinski definition) is 5. The summed E-state index contributed by atoms with van der Waals surface area (Å²) in [7, 11) is -4.30. The van der Waals surface area contributed by atoms with Gasteiger partial charge in [0.25, 0.3) is 0 Å². The second-order valence-corrected chi connectivity index (χ2v) is 10.3. The maximum atomic E-state index is 11.4. The minimum absolute atomic E-state index is 0.0308. The molecular weight excluding hydrogens is 419 g/mol. The van der Waals surface area contributed by atoms with Gasteiger partial charge in [-0.3, -0.25) is 13.9 Å². The van der Waals surface area contributed by atoms with Gasteiger partial charge in [-0.15, -0.1) is 0 Å². The summed E-state index contributed by atoms with van der Waals surface area (Å²) >= 11 is 0. The molecule has 8 heteroatoms. The molecule has 0 radical (unpaired) electrons. The fraction of sp³-hybridized carbons (Fsp3) is 0.957. The molecule has 2 atom stereocenters. The van der Waals surface area contributed by atoms with E-state index in [-0.39, 0.29) is 13.0 Å². The molecule has 0 heterocycles. The van der Waals surface area contributed by atoms with Crippen LogP contribution in [0.15, 0.2) is 0 Å². The van der Waals surface area contributed by atoms with Crippen LogP contribution in [0.4, 0.5) is 0 Å². The molecule has 3 N–H and O–H groups in total. The number of hydrogen-bond donors (Lipinski definition) is 3. The van der Waals surface area contributed by atoms with Crippen molar-refractivity contribution >= 4 is 13.6 Å². The third kappa shape index (κ3) is 24.0. The van der Waals surface area contributed by atoms with Crippen LogP contribution in [0.25, 0.3) is 0 Å². The summed E-state index contributed by atoms with van der Waals surface area (Å²) in [6.45, 7) is 3.04. The molecule has 0 rings (SSSR count). The lowest BCUT2D eigenvalue weighted by Gasteiger charge is -2.15. The van der Waals surface area contributed by atoms with Gasteiger partial charge in [0.05, 0.1) is 6.61 Å². The van der Waals surface area contributed by atoms with Crippen molar-refractivity contribution in [3.05, 3.63) is 0 Å². The van der Waals surface area contributed by atoms with E-state index in [0.29, 0.717) is 6.61 Å². The summed E-state index contributed by atoms with van der Waals surface area (Å²) in [6.07, 6.45) is 18.6. The normalized spacial score (nSPS) is 14.4. The van der Waals surface area contributed by atoms with Gasteiger partial charge in [-0.05, 0) is 6.42 Å². The van der Waals surface area contributed by atoms with E-state index in [1.54, 1.807) is 0 Å². The zero-order valence-corrected chi connectivity index (χ0v) is 20.5. The van der Waals surface area contributed by atoms with E-state index >= 15 is 0 Å². The lowest BCUT2D eigenvalue weighted by atomic mass is 10.0. The van der Waals surface area contributed by atoms with Crippen LogP contribution >= 0.6 is 7.60 Å². The van der Waals surface area contributed by atoms with E-state index in [4.69, 9.17) is 9.84 Å². The second-order valence-electron chi connectivity index (χ2n) is 8.45. The summed E-state index contributed by atoms with van der Waals surface area (Å²) in [5, 5.41) is 18.0. The van der Waals surface area contributed by atoms with E-state index in [1.165, 1.54) is 89.9 Å². The van der Waals surface area contributed by atoms with Crippen LogP contribution in [0.2, 0.25) is 0 Å². The van der Waals surface area contributed by atoms with Gasteiger partial charge in [0.2, 0.25) is 0 Å². The number of carboxylic acid groups (broad SMARTS) is 1. The van der Waals surface area contributed by atoms with Crippen LogP contribution in [0.1, 0.15) is 116 Å². The van der Waals surface area contributed by atoms with Crippen molar-refractivity contribution < 1.29 is 33.7 Å². The Morgan fingerprint density at radius 2 is 1.19 bits per heavy atom. The highest BCUT2D eigenvalue weighted by atomic mass is 31.2. The summed E-state index contributed by atoms with van der Waals surface area (Å²) in [4.78, 5) is 19.7. The van der Waals surface area contributed by atoms with E-state index in [2.05, 4.69) is 11.4 Å². The van der Waals surface area contributed by atoms with Gasteiger partial charge in [0.1, 0.15) is 6.16 Å². The zero-order chi connectivity index (χ0) is 23.2. The number of aliphatic carboxylic acids is 1. The smallest absolute Gasteiger partial charge is 0.341 e. The first-order valence-corrected chi connectivity index (χ1v) is 14.1. The van der Waals surface area contributed by atoms with Crippen molar-refractivity contribution in [2.45, 2.75) is 122 Å². The fourth-order valence-corrected chi connectivity index (χ4v) is 4.39. The van der Waals surface area contributed by atoms with Crippen molar-refractivity contribution in [1.82, 2.24) is 0 Å². The largest absolute Gasteiger partial charge is 0.481 e. The molecule has 0 saturated carbocycles. The first kappa shape index (κ1) is 30.5. The van der Waals surface area contributed by atoms with E-state index in [0.717, 1.165) is 12.8 Å². The Hall–Kier alpha value is -0.460. The average Bonchev–Trinajstić information content (AvgIpc) is 2.68. The van der Waals surface area contributed by atoms with Gasteiger partial charge >= 0.3 is 13.6 Å².